The molecule has 7 nitrogen and oxygen atoms in total. The van der Waals surface area contributed by atoms with Crippen LogP contribution in [0.1, 0.15) is 12.5 Å². The number of phenolic OH excluding ortho intramolecular Hbond substituents is 1. The number of hydrazone groups is 1. The average molecular weight is 413 g/mol. The quantitative estimate of drug-likeness (QED) is 0.535. The van der Waals surface area contributed by atoms with Gasteiger partial charge in [-0.1, -0.05) is 23.2 Å². The number of hydrogen-bond acceptors (Lipinski definition) is 6. The first-order chi connectivity index (χ1) is 12.8. The second-order valence-corrected chi connectivity index (χ2v) is 6.19. The number of hydrogen-bond donors (Lipinski definition) is 2. The number of amides is 1. The Labute approximate surface area is 166 Å². The lowest BCUT2D eigenvalue weighted by atomic mass is 10.2. The van der Waals surface area contributed by atoms with Gasteiger partial charge >= 0.3 is 0 Å². The molecule has 0 radical (unpaired) electrons. The van der Waals surface area contributed by atoms with Crippen molar-refractivity contribution in [1.82, 2.24) is 5.43 Å². The van der Waals surface area contributed by atoms with Crippen LogP contribution in [-0.2, 0) is 4.79 Å². The summed E-state index contributed by atoms with van der Waals surface area (Å²) in [7, 11) is 2.83. The van der Waals surface area contributed by atoms with E-state index in [0.29, 0.717) is 21.4 Å². The predicted octanol–water partition coefficient (Wildman–Crippen LogP) is 3.63. The van der Waals surface area contributed by atoms with Crippen LogP contribution in [-0.4, -0.2) is 37.6 Å². The largest absolute Gasteiger partial charge is 0.502 e. The Morgan fingerprint density at radius 2 is 1.78 bits per heavy atom. The number of ether oxygens (including phenoxy) is 3. The molecule has 0 aliphatic carbocycles. The predicted molar refractivity (Wildman–Crippen MR) is 103 cm³/mol. The lowest BCUT2D eigenvalue weighted by Crippen LogP contribution is -2.33. The first-order valence-corrected chi connectivity index (χ1v) is 8.51. The fourth-order valence-corrected chi connectivity index (χ4v) is 2.52. The number of halogens is 2. The Kier molecular flexibility index (Phi) is 7.15. The van der Waals surface area contributed by atoms with Gasteiger partial charge in [-0.2, -0.15) is 5.10 Å². The molecule has 144 valence electrons. The van der Waals surface area contributed by atoms with Crippen molar-refractivity contribution >= 4 is 35.3 Å². The van der Waals surface area contributed by atoms with Crippen LogP contribution in [0.4, 0.5) is 0 Å². The molecule has 0 aromatic heterocycles. The number of rotatable bonds is 7. The number of aromatic hydroxyl groups is 1. The summed E-state index contributed by atoms with van der Waals surface area (Å²) in [4.78, 5) is 12.1. The Hall–Kier alpha value is -2.64. The zero-order chi connectivity index (χ0) is 20.0. The number of carbonyl (C=O) groups excluding carboxylic acids is 1. The Balaban J connectivity index is 2.02. The van der Waals surface area contributed by atoms with Gasteiger partial charge < -0.3 is 19.3 Å². The van der Waals surface area contributed by atoms with Crippen molar-refractivity contribution in [2.24, 2.45) is 5.10 Å². The Morgan fingerprint density at radius 1 is 1.15 bits per heavy atom. The molecular formula is C18H18Cl2N2O5. The minimum Gasteiger partial charge on any atom is -0.502 e. The van der Waals surface area contributed by atoms with Gasteiger partial charge in [0.1, 0.15) is 5.75 Å². The summed E-state index contributed by atoms with van der Waals surface area (Å²) in [5.41, 5.74) is 2.92. The molecule has 9 heteroatoms. The Bertz CT molecular complexity index is 833. The average Bonchev–Trinajstić information content (AvgIpc) is 2.64. The summed E-state index contributed by atoms with van der Waals surface area (Å²) in [5.74, 6) is 0.172. The van der Waals surface area contributed by atoms with Crippen LogP contribution in [0.2, 0.25) is 10.0 Å². The lowest BCUT2D eigenvalue weighted by molar-refractivity contribution is -0.127. The molecule has 2 rings (SSSR count). The molecule has 0 spiro atoms. The fraction of sp³-hybridized carbons (Fsp3) is 0.222. The van der Waals surface area contributed by atoms with Gasteiger partial charge in [-0.3, -0.25) is 4.79 Å². The molecule has 2 N–H and O–H groups in total. The van der Waals surface area contributed by atoms with Crippen molar-refractivity contribution in [2.45, 2.75) is 13.0 Å². The number of benzene rings is 2. The van der Waals surface area contributed by atoms with Crippen LogP contribution in [0.25, 0.3) is 0 Å². The minimum atomic E-state index is -0.843. The molecule has 1 amide bonds. The summed E-state index contributed by atoms with van der Waals surface area (Å²) in [6.07, 6.45) is 0.536. The van der Waals surface area contributed by atoms with Crippen molar-refractivity contribution in [1.29, 1.82) is 0 Å². The van der Waals surface area contributed by atoms with E-state index in [1.165, 1.54) is 26.5 Å². The molecule has 0 aliphatic rings. The van der Waals surface area contributed by atoms with E-state index in [-0.39, 0.29) is 17.2 Å². The zero-order valence-corrected chi connectivity index (χ0v) is 16.3. The van der Waals surface area contributed by atoms with E-state index in [2.05, 4.69) is 10.5 Å². The van der Waals surface area contributed by atoms with Crippen molar-refractivity contribution in [3.63, 3.8) is 0 Å². The molecule has 0 saturated carbocycles. The monoisotopic (exact) mass is 412 g/mol. The van der Waals surface area contributed by atoms with Gasteiger partial charge in [0, 0.05) is 10.6 Å². The number of nitrogens with zero attached hydrogens (tertiary/aromatic N) is 1. The van der Waals surface area contributed by atoms with Gasteiger partial charge in [0.15, 0.2) is 17.6 Å². The maximum absolute atomic E-state index is 12.1. The highest BCUT2D eigenvalue weighted by molar-refractivity contribution is 6.35. The molecule has 27 heavy (non-hydrogen) atoms. The maximum Gasteiger partial charge on any atom is 0.280 e. The van der Waals surface area contributed by atoms with Gasteiger partial charge in [-0.15, -0.1) is 0 Å². The molecule has 0 bridgehead atoms. The fourth-order valence-electron chi connectivity index (χ4n) is 2.06. The number of methoxy groups -OCH3 is 2. The number of nitrogens with one attached hydrogen (secondary N) is 1. The van der Waals surface area contributed by atoms with E-state index in [9.17, 15) is 9.90 Å². The third kappa shape index (κ3) is 5.42. The molecule has 2 aromatic rings. The van der Waals surface area contributed by atoms with Crippen molar-refractivity contribution in [3.05, 3.63) is 45.9 Å². The van der Waals surface area contributed by atoms with E-state index in [0.717, 1.165) is 0 Å². The van der Waals surface area contributed by atoms with Crippen LogP contribution < -0.4 is 19.6 Å². The maximum atomic E-state index is 12.1. The molecule has 0 unspecified atom stereocenters. The van der Waals surface area contributed by atoms with E-state index >= 15 is 0 Å². The summed E-state index contributed by atoms with van der Waals surface area (Å²) >= 11 is 11.8. The van der Waals surface area contributed by atoms with Gasteiger partial charge in [-0.25, -0.2) is 5.43 Å². The normalized spacial score (nSPS) is 11.9. The zero-order valence-electron chi connectivity index (χ0n) is 14.8. The molecule has 2 aromatic carbocycles. The highest BCUT2D eigenvalue weighted by Crippen LogP contribution is 2.36. The molecule has 0 fully saturated rings. The summed E-state index contributed by atoms with van der Waals surface area (Å²) in [6, 6.07) is 7.79. The van der Waals surface area contributed by atoms with E-state index in [4.69, 9.17) is 37.4 Å². The molecule has 0 aliphatic heterocycles. The van der Waals surface area contributed by atoms with Crippen LogP contribution in [0.5, 0.6) is 23.0 Å². The Morgan fingerprint density at radius 3 is 2.33 bits per heavy atom. The SMILES string of the molecule is COc1cc(/C=N/NC(=O)[C@@H](C)Oc2ccc(Cl)cc2Cl)cc(OC)c1O. The van der Waals surface area contributed by atoms with Gasteiger partial charge in [-0.05, 0) is 37.3 Å². The molecule has 1 atom stereocenters. The third-order valence-corrected chi connectivity index (χ3v) is 3.99. The summed E-state index contributed by atoms with van der Waals surface area (Å²) in [6.45, 7) is 1.56. The molecule has 0 heterocycles. The van der Waals surface area contributed by atoms with Crippen molar-refractivity contribution in [3.8, 4) is 23.0 Å². The first kappa shape index (κ1) is 20.7. The molecule has 0 saturated heterocycles. The second kappa shape index (κ2) is 9.34. The first-order valence-electron chi connectivity index (χ1n) is 7.75. The van der Waals surface area contributed by atoms with Crippen molar-refractivity contribution < 1.29 is 24.1 Å². The summed E-state index contributed by atoms with van der Waals surface area (Å²) < 4.78 is 15.6. The van der Waals surface area contributed by atoms with Crippen LogP contribution in [0.15, 0.2) is 35.4 Å². The standard InChI is InChI=1S/C18H18Cl2N2O5/c1-10(27-14-5-4-12(19)8-13(14)20)18(24)22-21-9-11-6-15(25-2)17(23)16(7-11)26-3/h4-10,23H,1-3H3,(H,22,24)/b21-9+/t10-/m1/s1. The molecular weight excluding hydrogens is 395 g/mol. The number of phenols is 1. The lowest BCUT2D eigenvalue weighted by Gasteiger charge is -2.14. The van der Waals surface area contributed by atoms with Crippen molar-refractivity contribution in [2.75, 3.05) is 14.2 Å². The van der Waals surface area contributed by atoms with Gasteiger partial charge in [0.05, 0.1) is 25.5 Å². The van der Waals surface area contributed by atoms with E-state index in [1.54, 1.807) is 31.2 Å². The van der Waals surface area contributed by atoms with Crippen LogP contribution >= 0.6 is 23.2 Å². The smallest absolute Gasteiger partial charge is 0.280 e. The van der Waals surface area contributed by atoms with Crippen LogP contribution in [0.3, 0.4) is 0 Å². The second-order valence-electron chi connectivity index (χ2n) is 5.34. The highest BCUT2D eigenvalue weighted by Gasteiger charge is 2.16. The third-order valence-electron chi connectivity index (χ3n) is 3.46. The van der Waals surface area contributed by atoms with Gasteiger partial charge in [0.2, 0.25) is 5.75 Å². The van der Waals surface area contributed by atoms with E-state index in [1.807, 2.05) is 0 Å². The minimum absolute atomic E-state index is 0.122. The van der Waals surface area contributed by atoms with E-state index < -0.39 is 12.0 Å². The highest BCUT2D eigenvalue weighted by atomic mass is 35.5. The van der Waals surface area contributed by atoms with Crippen LogP contribution in [0, 0.1) is 0 Å². The number of carbonyl (C=O) groups is 1. The van der Waals surface area contributed by atoms with Gasteiger partial charge in [0.25, 0.3) is 5.91 Å². The summed E-state index contributed by atoms with van der Waals surface area (Å²) in [5, 5.41) is 14.5. The topological polar surface area (TPSA) is 89.4 Å².